The quantitative estimate of drug-likeness (QED) is 0.299. The number of aromatic nitrogens is 1. The van der Waals surface area contributed by atoms with E-state index in [1.807, 2.05) is 0 Å². The van der Waals surface area contributed by atoms with E-state index in [-0.39, 0.29) is 14.7 Å². The number of hydrogen-bond donors (Lipinski definition) is 0. The minimum atomic E-state index is -4.67. The summed E-state index contributed by atoms with van der Waals surface area (Å²) in [5.74, 6) is 0. The van der Waals surface area contributed by atoms with Gasteiger partial charge in [-0.05, 0) is 28.7 Å². The van der Waals surface area contributed by atoms with E-state index in [1.165, 1.54) is 22.6 Å². The second kappa shape index (κ2) is 5.11. The van der Waals surface area contributed by atoms with Gasteiger partial charge in [-0.3, -0.25) is 0 Å². The molecular weight excluding hydrogens is 412 g/mol. The van der Waals surface area contributed by atoms with Crippen LogP contribution in [0.5, 0.6) is 0 Å². The van der Waals surface area contributed by atoms with Crippen LogP contribution in [0.15, 0.2) is 6.07 Å². The van der Waals surface area contributed by atoms with Gasteiger partial charge in [-0.2, -0.15) is 13.2 Å². The normalized spacial score (nSPS) is 12.2. The van der Waals surface area contributed by atoms with Crippen molar-refractivity contribution >= 4 is 38.5 Å². The molecule has 0 saturated heterocycles. The van der Waals surface area contributed by atoms with Crippen molar-refractivity contribution in [3.63, 3.8) is 0 Å². The van der Waals surface area contributed by atoms with Gasteiger partial charge >= 0.3 is 6.18 Å². The molecule has 90 valence electrons. The molecule has 0 aliphatic heterocycles. The zero-order chi connectivity index (χ0) is 12.5. The number of hydrogen-bond acceptors (Lipinski definition) is 1. The van der Waals surface area contributed by atoms with Gasteiger partial charge in [0.2, 0.25) is 0 Å². The maximum atomic E-state index is 12.5. The molecule has 1 nitrogen and oxygen atoms in total. The summed E-state index contributed by atoms with van der Waals surface area (Å²) >= 11 is 4.28. The largest absolute Gasteiger partial charge is 0.418 e. The smallest absolute Gasteiger partial charge is 0.245 e. The first-order chi connectivity index (χ1) is 7.27. The van der Waals surface area contributed by atoms with E-state index in [1.54, 1.807) is 0 Å². The predicted molar refractivity (Wildman–Crippen MR) is 59.5 cm³/mol. The van der Waals surface area contributed by atoms with Crippen LogP contribution in [0.2, 0.25) is 0 Å². The number of nitrogens with zero attached hydrogens (tertiary/aromatic N) is 1. The van der Waals surface area contributed by atoms with Crippen molar-refractivity contribution < 1.29 is 22.0 Å². The topological polar surface area (TPSA) is 12.9 Å². The first-order valence-electron chi connectivity index (χ1n) is 3.88. The maximum Gasteiger partial charge on any atom is 0.418 e. The fourth-order valence-electron chi connectivity index (χ4n) is 1.04. The Hall–Kier alpha value is 0.01000. The number of alkyl halides is 6. The SMILES string of the molecule is FC(F)c1cc(C(F)(F)F)c(I)nc1CBr. The Labute approximate surface area is 110 Å². The van der Waals surface area contributed by atoms with Gasteiger partial charge in [-0.25, -0.2) is 13.8 Å². The summed E-state index contributed by atoms with van der Waals surface area (Å²) in [6, 6.07) is 0.454. The van der Waals surface area contributed by atoms with Gasteiger partial charge in [0, 0.05) is 10.9 Å². The zero-order valence-electron chi connectivity index (χ0n) is 7.45. The fourth-order valence-corrected chi connectivity index (χ4v) is 2.24. The van der Waals surface area contributed by atoms with Crippen molar-refractivity contribution in [1.29, 1.82) is 0 Å². The second-order valence-corrected chi connectivity index (χ2v) is 4.38. The minimum absolute atomic E-state index is 0.0131. The molecule has 0 amide bonds. The number of rotatable bonds is 2. The molecule has 0 bridgehead atoms. The number of halogens is 7. The first-order valence-corrected chi connectivity index (χ1v) is 6.08. The molecule has 1 heterocycles. The third kappa shape index (κ3) is 3.02. The van der Waals surface area contributed by atoms with Gasteiger partial charge in [-0.15, -0.1) is 0 Å². The van der Waals surface area contributed by atoms with Crippen molar-refractivity contribution in [2.24, 2.45) is 0 Å². The van der Waals surface area contributed by atoms with E-state index in [4.69, 9.17) is 0 Å². The van der Waals surface area contributed by atoms with Crippen LogP contribution in [0, 0.1) is 3.70 Å². The Kier molecular flexibility index (Phi) is 4.49. The molecule has 16 heavy (non-hydrogen) atoms. The van der Waals surface area contributed by atoms with Crippen LogP contribution in [-0.2, 0) is 11.5 Å². The first kappa shape index (κ1) is 14.1. The molecule has 1 aromatic heterocycles. The molecule has 8 heteroatoms. The summed E-state index contributed by atoms with van der Waals surface area (Å²) in [6.45, 7) is 0. The predicted octanol–water partition coefficient (Wildman–Crippen LogP) is 4.54. The molecule has 0 saturated carbocycles. The van der Waals surface area contributed by atoms with E-state index < -0.39 is 23.7 Å². The van der Waals surface area contributed by atoms with Crippen molar-refractivity contribution in [3.05, 3.63) is 26.6 Å². The molecule has 0 aliphatic carbocycles. The van der Waals surface area contributed by atoms with Crippen molar-refractivity contribution in [2.45, 2.75) is 17.9 Å². The summed E-state index contributed by atoms with van der Waals surface area (Å²) in [7, 11) is 0. The monoisotopic (exact) mass is 415 g/mol. The highest BCUT2D eigenvalue weighted by Gasteiger charge is 2.35. The Morgan fingerprint density at radius 1 is 1.38 bits per heavy atom. The van der Waals surface area contributed by atoms with E-state index in [9.17, 15) is 22.0 Å². The van der Waals surface area contributed by atoms with Gasteiger partial charge in [0.05, 0.1) is 11.3 Å². The van der Waals surface area contributed by atoms with Gasteiger partial charge < -0.3 is 0 Å². The lowest BCUT2D eigenvalue weighted by Crippen LogP contribution is -2.12. The zero-order valence-corrected chi connectivity index (χ0v) is 11.2. The standard InChI is InChI=1S/C8H4BrF5IN/c9-2-5-3(6(10)11)1-4(7(15)16-5)8(12,13)14/h1,6H,2H2. The molecule has 1 rings (SSSR count). The van der Waals surface area contributed by atoms with Gasteiger partial charge in [0.1, 0.15) is 3.70 Å². The third-order valence-corrected chi connectivity index (χ3v) is 3.11. The second-order valence-electron chi connectivity index (χ2n) is 2.79. The summed E-state index contributed by atoms with van der Waals surface area (Å²) in [5.41, 5.74) is -1.90. The molecule has 0 unspecified atom stereocenters. The Morgan fingerprint density at radius 3 is 2.31 bits per heavy atom. The fraction of sp³-hybridized carbons (Fsp3) is 0.375. The Morgan fingerprint density at radius 2 is 1.94 bits per heavy atom. The van der Waals surface area contributed by atoms with E-state index >= 15 is 0 Å². The lowest BCUT2D eigenvalue weighted by Gasteiger charge is -2.13. The van der Waals surface area contributed by atoms with Crippen LogP contribution in [0.4, 0.5) is 22.0 Å². The molecular formula is C8H4BrF5IN. The average Bonchev–Trinajstić information content (AvgIpc) is 2.14. The van der Waals surface area contributed by atoms with E-state index in [2.05, 4.69) is 20.9 Å². The van der Waals surface area contributed by atoms with Crippen molar-refractivity contribution in [3.8, 4) is 0 Å². The van der Waals surface area contributed by atoms with E-state index in [0.29, 0.717) is 6.07 Å². The summed E-state index contributed by atoms with van der Waals surface area (Å²) in [6.07, 6.45) is -7.64. The minimum Gasteiger partial charge on any atom is -0.245 e. The number of pyridine rings is 1. The van der Waals surface area contributed by atoms with Crippen LogP contribution >= 0.6 is 38.5 Å². The average molecular weight is 416 g/mol. The highest BCUT2D eigenvalue weighted by atomic mass is 127. The molecule has 0 fully saturated rings. The van der Waals surface area contributed by atoms with Gasteiger partial charge in [0.15, 0.2) is 0 Å². The molecule has 0 aromatic carbocycles. The van der Waals surface area contributed by atoms with Crippen LogP contribution in [-0.4, -0.2) is 4.98 Å². The maximum absolute atomic E-state index is 12.5. The highest BCUT2D eigenvalue weighted by molar-refractivity contribution is 14.1. The summed E-state index contributed by atoms with van der Waals surface area (Å²) in [5, 5.41) is -0.0131. The third-order valence-electron chi connectivity index (χ3n) is 1.76. The van der Waals surface area contributed by atoms with Gasteiger partial charge in [0.25, 0.3) is 6.43 Å². The van der Waals surface area contributed by atoms with Crippen LogP contribution in [0.25, 0.3) is 0 Å². The van der Waals surface area contributed by atoms with E-state index in [0.717, 1.165) is 0 Å². The lowest BCUT2D eigenvalue weighted by molar-refractivity contribution is -0.138. The molecule has 0 aliphatic rings. The molecule has 0 atom stereocenters. The summed E-state index contributed by atoms with van der Waals surface area (Å²) in [4.78, 5) is 3.52. The summed E-state index contributed by atoms with van der Waals surface area (Å²) < 4.78 is 61.9. The molecule has 0 N–H and O–H groups in total. The van der Waals surface area contributed by atoms with Crippen molar-refractivity contribution in [2.75, 3.05) is 0 Å². The molecule has 0 spiro atoms. The van der Waals surface area contributed by atoms with Crippen LogP contribution in [0.3, 0.4) is 0 Å². The van der Waals surface area contributed by atoms with Gasteiger partial charge in [-0.1, -0.05) is 15.9 Å². The molecule has 1 aromatic rings. The van der Waals surface area contributed by atoms with Crippen LogP contribution < -0.4 is 0 Å². The highest BCUT2D eigenvalue weighted by Crippen LogP contribution is 2.35. The van der Waals surface area contributed by atoms with Crippen molar-refractivity contribution in [1.82, 2.24) is 4.98 Å². The van der Waals surface area contributed by atoms with Crippen LogP contribution in [0.1, 0.15) is 23.2 Å². The Bertz CT molecular complexity index is 393. The lowest BCUT2D eigenvalue weighted by atomic mass is 10.1. The Balaban J connectivity index is 3.39. The molecule has 0 radical (unpaired) electrons.